The van der Waals surface area contributed by atoms with Gasteiger partial charge in [-0.3, -0.25) is 4.90 Å². The van der Waals surface area contributed by atoms with Crippen molar-refractivity contribution in [3.8, 4) is 0 Å². The van der Waals surface area contributed by atoms with E-state index in [1.165, 1.54) is 25.7 Å². The number of nitrogens with zero attached hydrogens (tertiary/aromatic N) is 1. The molecular formula is C9H15N. The molecule has 1 nitrogen and oxygen atoms in total. The quantitative estimate of drug-likeness (QED) is 0.531. The summed E-state index contributed by atoms with van der Waals surface area (Å²) in [5.74, 6) is 1.12. The van der Waals surface area contributed by atoms with Crippen molar-refractivity contribution in [1.82, 2.24) is 4.90 Å². The van der Waals surface area contributed by atoms with Crippen molar-refractivity contribution in [3.05, 3.63) is 0 Å². The summed E-state index contributed by atoms with van der Waals surface area (Å²) in [7, 11) is 0. The number of fused-ring (bicyclic) bond motifs is 1. The fourth-order valence-corrected chi connectivity index (χ4v) is 2.74. The van der Waals surface area contributed by atoms with Crippen LogP contribution < -0.4 is 0 Å². The Balaban J connectivity index is 1.80. The van der Waals surface area contributed by atoms with Crippen molar-refractivity contribution < 1.29 is 0 Å². The zero-order chi connectivity index (χ0) is 6.72. The molecule has 3 atom stereocenters. The number of rotatable bonds is 1. The van der Waals surface area contributed by atoms with Crippen LogP contribution in [0.25, 0.3) is 0 Å². The fourth-order valence-electron chi connectivity index (χ4n) is 2.74. The molecule has 0 aromatic heterocycles. The first kappa shape index (κ1) is 5.59. The van der Waals surface area contributed by atoms with E-state index < -0.39 is 0 Å². The number of likely N-dealkylation sites (tertiary alicyclic amines) is 1. The van der Waals surface area contributed by atoms with E-state index >= 15 is 0 Å². The lowest BCUT2D eigenvalue weighted by Crippen LogP contribution is -2.32. The van der Waals surface area contributed by atoms with E-state index in [1.54, 1.807) is 0 Å². The Morgan fingerprint density at radius 3 is 2.50 bits per heavy atom. The molecule has 1 aliphatic heterocycles. The van der Waals surface area contributed by atoms with Gasteiger partial charge in [0, 0.05) is 18.1 Å². The number of hydrogen-bond acceptors (Lipinski definition) is 1. The van der Waals surface area contributed by atoms with Crippen LogP contribution >= 0.6 is 0 Å². The summed E-state index contributed by atoms with van der Waals surface area (Å²) in [6, 6.07) is 2.99. The maximum Gasteiger partial charge on any atom is 0.0134 e. The molecule has 0 amide bonds. The molecule has 0 aromatic carbocycles. The van der Waals surface area contributed by atoms with E-state index in [4.69, 9.17) is 0 Å². The standard InChI is InChI=1S/C9H15N/c1-6-4-7-5-9(7)10(6)8-2-3-8/h6-9H,2-5H2,1H3/t6?,7?,9-/m0/s1. The SMILES string of the molecule is CC1CC2C[C@@H]2N1C1CC1. The van der Waals surface area contributed by atoms with E-state index in [-0.39, 0.29) is 0 Å². The molecule has 0 bridgehead atoms. The van der Waals surface area contributed by atoms with Crippen LogP contribution in [-0.4, -0.2) is 23.0 Å². The second kappa shape index (κ2) is 1.58. The minimum Gasteiger partial charge on any atom is -0.294 e. The van der Waals surface area contributed by atoms with Crippen molar-refractivity contribution >= 4 is 0 Å². The molecule has 2 saturated carbocycles. The van der Waals surface area contributed by atoms with Gasteiger partial charge in [0.25, 0.3) is 0 Å². The van der Waals surface area contributed by atoms with Gasteiger partial charge in [-0.25, -0.2) is 0 Å². The Hall–Kier alpha value is -0.0400. The minimum atomic E-state index is 0.927. The van der Waals surface area contributed by atoms with Gasteiger partial charge in [-0.1, -0.05) is 0 Å². The average Bonchev–Trinajstić information content (AvgIpc) is 2.74. The fraction of sp³-hybridized carbons (Fsp3) is 1.00. The zero-order valence-electron chi connectivity index (χ0n) is 6.59. The van der Waals surface area contributed by atoms with Gasteiger partial charge in [-0.05, 0) is 38.5 Å². The first-order valence-electron chi connectivity index (χ1n) is 4.63. The molecule has 3 rings (SSSR count). The summed E-state index contributed by atoms with van der Waals surface area (Å²) in [6.45, 7) is 2.41. The number of piperidine rings is 1. The second-order valence-electron chi connectivity index (χ2n) is 4.33. The third-order valence-electron chi connectivity index (χ3n) is 3.39. The lowest BCUT2D eigenvalue weighted by molar-refractivity contribution is 0.221. The van der Waals surface area contributed by atoms with Crippen LogP contribution in [0.2, 0.25) is 0 Å². The molecule has 3 aliphatic rings. The van der Waals surface area contributed by atoms with Crippen molar-refractivity contribution in [3.63, 3.8) is 0 Å². The predicted octanol–water partition coefficient (Wildman–Crippen LogP) is 1.63. The summed E-state index contributed by atoms with van der Waals surface area (Å²) >= 11 is 0. The first-order valence-corrected chi connectivity index (χ1v) is 4.63. The Labute approximate surface area is 62.4 Å². The molecule has 2 aliphatic carbocycles. The van der Waals surface area contributed by atoms with Gasteiger partial charge in [-0.15, -0.1) is 0 Å². The molecule has 0 N–H and O–H groups in total. The maximum absolute atomic E-state index is 2.80. The second-order valence-corrected chi connectivity index (χ2v) is 4.33. The van der Waals surface area contributed by atoms with E-state index in [0.29, 0.717) is 0 Å². The average molecular weight is 137 g/mol. The van der Waals surface area contributed by atoms with Crippen LogP contribution in [0.3, 0.4) is 0 Å². The summed E-state index contributed by atoms with van der Waals surface area (Å²) in [5, 5.41) is 0. The van der Waals surface area contributed by atoms with Crippen LogP contribution in [0.1, 0.15) is 32.6 Å². The van der Waals surface area contributed by atoms with Crippen LogP contribution in [-0.2, 0) is 0 Å². The molecular weight excluding hydrogens is 122 g/mol. The normalized spacial score (nSPS) is 53.1. The van der Waals surface area contributed by atoms with Crippen LogP contribution in [0.15, 0.2) is 0 Å². The van der Waals surface area contributed by atoms with Gasteiger partial charge in [0.15, 0.2) is 0 Å². The Kier molecular flexibility index (Phi) is 0.883. The highest BCUT2D eigenvalue weighted by Gasteiger charge is 2.54. The van der Waals surface area contributed by atoms with E-state index in [1.807, 2.05) is 0 Å². The highest BCUT2D eigenvalue weighted by Crippen LogP contribution is 2.51. The van der Waals surface area contributed by atoms with Gasteiger partial charge in [0.05, 0.1) is 0 Å². The van der Waals surface area contributed by atoms with Gasteiger partial charge in [-0.2, -0.15) is 0 Å². The highest BCUT2D eigenvalue weighted by molar-refractivity contribution is 5.08. The maximum atomic E-state index is 2.80. The smallest absolute Gasteiger partial charge is 0.0134 e. The van der Waals surface area contributed by atoms with Gasteiger partial charge < -0.3 is 0 Å². The van der Waals surface area contributed by atoms with Crippen molar-refractivity contribution in [2.45, 2.75) is 50.7 Å². The minimum absolute atomic E-state index is 0.927. The monoisotopic (exact) mass is 137 g/mol. The molecule has 2 unspecified atom stereocenters. The molecule has 1 heteroatoms. The van der Waals surface area contributed by atoms with E-state index in [9.17, 15) is 0 Å². The third kappa shape index (κ3) is 0.619. The molecule has 1 saturated heterocycles. The van der Waals surface area contributed by atoms with Crippen molar-refractivity contribution in [1.29, 1.82) is 0 Å². The summed E-state index contributed by atoms with van der Waals surface area (Å²) in [6.07, 6.45) is 6.02. The zero-order valence-corrected chi connectivity index (χ0v) is 6.59. The highest BCUT2D eigenvalue weighted by atomic mass is 15.3. The lowest BCUT2D eigenvalue weighted by atomic mass is 10.2. The Morgan fingerprint density at radius 2 is 2.00 bits per heavy atom. The molecule has 0 aromatic rings. The van der Waals surface area contributed by atoms with Crippen LogP contribution in [0.4, 0.5) is 0 Å². The van der Waals surface area contributed by atoms with Gasteiger partial charge in [0.2, 0.25) is 0 Å². The Morgan fingerprint density at radius 1 is 1.20 bits per heavy atom. The number of hydrogen-bond donors (Lipinski definition) is 0. The van der Waals surface area contributed by atoms with E-state index in [2.05, 4.69) is 11.8 Å². The molecule has 1 heterocycles. The van der Waals surface area contributed by atoms with Crippen molar-refractivity contribution in [2.75, 3.05) is 0 Å². The Bertz CT molecular complexity index is 160. The largest absolute Gasteiger partial charge is 0.294 e. The van der Waals surface area contributed by atoms with Crippen LogP contribution in [0, 0.1) is 5.92 Å². The topological polar surface area (TPSA) is 3.24 Å². The summed E-state index contributed by atoms with van der Waals surface area (Å²) in [4.78, 5) is 2.80. The van der Waals surface area contributed by atoms with Crippen molar-refractivity contribution in [2.24, 2.45) is 5.92 Å². The third-order valence-corrected chi connectivity index (χ3v) is 3.39. The molecule has 56 valence electrons. The molecule has 0 radical (unpaired) electrons. The van der Waals surface area contributed by atoms with Gasteiger partial charge >= 0.3 is 0 Å². The summed E-state index contributed by atoms with van der Waals surface area (Å²) in [5.41, 5.74) is 0. The first-order chi connectivity index (χ1) is 4.86. The molecule has 10 heavy (non-hydrogen) atoms. The summed E-state index contributed by atoms with van der Waals surface area (Å²) < 4.78 is 0. The predicted molar refractivity (Wildman–Crippen MR) is 40.8 cm³/mol. The van der Waals surface area contributed by atoms with Gasteiger partial charge in [0.1, 0.15) is 0 Å². The lowest BCUT2D eigenvalue weighted by Gasteiger charge is -2.23. The molecule has 3 fully saturated rings. The van der Waals surface area contributed by atoms with E-state index in [0.717, 1.165) is 24.0 Å². The molecule has 0 spiro atoms. The van der Waals surface area contributed by atoms with Crippen LogP contribution in [0.5, 0.6) is 0 Å².